The van der Waals surface area contributed by atoms with Gasteiger partial charge in [0.1, 0.15) is 0 Å². The van der Waals surface area contributed by atoms with E-state index < -0.39 is 10.2 Å². The van der Waals surface area contributed by atoms with Gasteiger partial charge in [-0.3, -0.25) is 4.31 Å². The number of hydrogen-bond acceptors (Lipinski definition) is 3. The third kappa shape index (κ3) is 2.36. The fraction of sp³-hybridized carbons (Fsp3) is 0.250. The zero-order chi connectivity index (χ0) is 10.8. The van der Waals surface area contributed by atoms with Crippen molar-refractivity contribution < 1.29 is 8.42 Å². The van der Waals surface area contributed by atoms with Crippen LogP contribution in [0, 0.1) is 0 Å². The van der Waals surface area contributed by atoms with Gasteiger partial charge in [0, 0.05) is 12.2 Å². The van der Waals surface area contributed by atoms with Crippen LogP contribution in [0.4, 0.5) is 11.4 Å². The van der Waals surface area contributed by atoms with Gasteiger partial charge in [-0.15, -0.1) is 0 Å². The average Bonchev–Trinajstić information content (AvgIpc) is 2.07. The van der Waals surface area contributed by atoms with Crippen molar-refractivity contribution >= 4 is 21.6 Å². The number of nitrogens with two attached hydrogens (primary N) is 2. The fourth-order valence-corrected chi connectivity index (χ4v) is 1.93. The van der Waals surface area contributed by atoms with Crippen LogP contribution in [0.25, 0.3) is 0 Å². The first kappa shape index (κ1) is 10.8. The monoisotopic (exact) mass is 215 g/mol. The van der Waals surface area contributed by atoms with Crippen molar-refractivity contribution in [2.24, 2.45) is 5.14 Å². The number of hydrogen-bond donors (Lipinski definition) is 2. The minimum absolute atomic E-state index is 0.294. The summed E-state index contributed by atoms with van der Waals surface area (Å²) >= 11 is 0. The molecular weight excluding hydrogens is 202 g/mol. The predicted molar refractivity (Wildman–Crippen MR) is 57.0 cm³/mol. The molecule has 0 aliphatic carbocycles. The normalized spacial score (nSPS) is 11.3. The second-order valence-corrected chi connectivity index (χ2v) is 4.27. The minimum Gasteiger partial charge on any atom is -0.399 e. The van der Waals surface area contributed by atoms with E-state index >= 15 is 0 Å². The summed E-state index contributed by atoms with van der Waals surface area (Å²) in [7, 11) is -3.69. The number of anilines is 2. The molecule has 0 aliphatic heterocycles. The van der Waals surface area contributed by atoms with E-state index in [1.165, 1.54) is 0 Å². The molecule has 1 aromatic rings. The second-order valence-electron chi connectivity index (χ2n) is 2.80. The maximum atomic E-state index is 11.1. The first-order valence-corrected chi connectivity index (χ1v) is 5.61. The molecule has 0 spiro atoms. The smallest absolute Gasteiger partial charge is 0.298 e. The Kier molecular flexibility index (Phi) is 2.97. The van der Waals surface area contributed by atoms with Gasteiger partial charge in [0.25, 0.3) is 10.2 Å². The van der Waals surface area contributed by atoms with Crippen LogP contribution in [0.2, 0.25) is 0 Å². The first-order chi connectivity index (χ1) is 6.45. The van der Waals surface area contributed by atoms with Crippen LogP contribution >= 0.6 is 0 Å². The fourth-order valence-electron chi connectivity index (χ4n) is 1.15. The molecule has 14 heavy (non-hydrogen) atoms. The summed E-state index contributed by atoms with van der Waals surface area (Å²) in [4.78, 5) is 0. The lowest BCUT2D eigenvalue weighted by molar-refractivity contribution is 0.593. The Hall–Kier alpha value is -1.27. The van der Waals surface area contributed by atoms with E-state index in [0.29, 0.717) is 17.9 Å². The Morgan fingerprint density at radius 1 is 1.29 bits per heavy atom. The van der Waals surface area contributed by atoms with Gasteiger partial charge in [0.05, 0.1) is 5.69 Å². The first-order valence-electron chi connectivity index (χ1n) is 4.11. The average molecular weight is 215 g/mol. The molecule has 6 heteroatoms. The molecule has 0 atom stereocenters. The molecule has 0 amide bonds. The molecule has 0 aromatic heterocycles. The third-order valence-corrected chi connectivity index (χ3v) is 2.86. The van der Waals surface area contributed by atoms with Crippen LogP contribution < -0.4 is 15.2 Å². The van der Waals surface area contributed by atoms with Crippen molar-refractivity contribution in [2.75, 3.05) is 16.6 Å². The highest BCUT2D eigenvalue weighted by molar-refractivity contribution is 7.90. The summed E-state index contributed by atoms with van der Waals surface area (Å²) in [5, 5.41) is 5.03. The van der Waals surface area contributed by atoms with Crippen molar-refractivity contribution in [3.05, 3.63) is 24.3 Å². The molecule has 0 fully saturated rings. The molecular formula is C8H13N3O2S. The molecule has 0 unspecified atom stereocenters. The Balaban J connectivity index is 3.08. The molecule has 0 bridgehead atoms. The highest BCUT2D eigenvalue weighted by Crippen LogP contribution is 2.17. The van der Waals surface area contributed by atoms with Crippen LogP contribution in [0.3, 0.4) is 0 Å². The molecule has 1 aromatic carbocycles. The van der Waals surface area contributed by atoms with Crippen molar-refractivity contribution in [3.63, 3.8) is 0 Å². The van der Waals surface area contributed by atoms with Crippen LogP contribution in [-0.4, -0.2) is 15.0 Å². The lowest BCUT2D eigenvalue weighted by Crippen LogP contribution is -2.36. The Morgan fingerprint density at radius 2 is 1.79 bits per heavy atom. The van der Waals surface area contributed by atoms with Crippen LogP contribution in [-0.2, 0) is 10.2 Å². The molecule has 0 radical (unpaired) electrons. The Morgan fingerprint density at radius 3 is 2.14 bits per heavy atom. The van der Waals surface area contributed by atoms with Crippen LogP contribution in [0.5, 0.6) is 0 Å². The van der Waals surface area contributed by atoms with E-state index in [1.807, 2.05) is 0 Å². The molecule has 5 nitrogen and oxygen atoms in total. The zero-order valence-electron chi connectivity index (χ0n) is 7.84. The van der Waals surface area contributed by atoms with Gasteiger partial charge in [-0.2, -0.15) is 8.42 Å². The maximum Gasteiger partial charge on any atom is 0.298 e. The van der Waals surface area contributed by atoms with Gasteiger partial charge in [-0.1, -0.05) is 0 Å². The van der Waals surface area contributed by atoms with Crippen LogP contribution in [0.1, 0.15) is 6.92 Å². The summed E-state index contributed by atoms with van der Waals surface area (Å²) in [6, 6.07) is 6.48. The van der Waals surface area contributed by atoms with Crippen molar-refractivity contribution in [1.82, 2.24) is 0 Å². The molecule has 0 heterocycles. The number of rotatable bonds is 3. The lowest BCUT2D eigenvalue weighted by Gasteiger charge is -2.19. The van der Waals surface area contributed by atoms with Crippen molar-refractivity contribution in [2.45, 2.75) is 6.92 Å². The standard InChI is InChI=1S/C8H13N3O2S/c1-2-11(14(10,12)13)8-5-3-7(9)4-6-8/h3-6H,2,9H2,1H3,(H2,10,12,13). The number of nitrogen functional groups attached to an aromatic ring is 1. The van der Waals surface area contributed by atoms with Gasteiger partial charge in [-0.25, -0.2) is 5.14 Å². The van der Waals surface area contributed by atoms with Crippen LogP contribution in [0.15, 0.2) is 24.3 Å². The number of nitrogens with zero attached hydrogens (tertiary/aromatic N) is 1. The maximum absolute atomic E-state index is 11.1. The van der Waals surface area contributed by atoms with E-state index in [4.69, 9.17) is 10.9 Å². The molecule has 0 aliphatic rings. The molecule has 0 saturated carbocycles. The quantitative estimate of drug-likeness (QED) is 0.710. The van der Waals surface area contributed by atoms with E-state index in [2.05, 4.69) is 0 Å². The predicted octanol–water partition coefficient (Wildman–Crippen LogP) is 0.299. The van der Waals surface area contributed by atoms with Crippen molar-refractivity contribution in [3.8, 4) is 0 Å². The molecule has 4 N–H and O–H groups in total. The van der Waals surface area contributed by atoms with Crippen molar-refractivity contribution in [1.29, 1.82) is 0 Å². The summed E-state index contributed by atoms with van der Waals surface area (Å²) in [5.41, 5.74) is 6.58. The summed E-state index contributed by atoms with van der Waals surface area (Å²) < 4.78 is 23.3. The molecule has 0 saturated heterocycles. The third-order valence-electron chi connectivity index (χ3n) is 1.78. The van der Waals surface area contributed by atoms with Gasteiger partial charge in [0.2, 0.25) is 0 Å². The summed E-state index contributed by atoms with van der Waals surface area (Å²) in [6.45, 7) is 2.00. The SMILES string of the molecule is CCN(c1ccc(N)cc1)S(N)(=O)=O. The molecule has 78 valence electrons. The zero-order valence-corrected chi connectivity index (χ0v) is 8.66. The van der Waals surface area contributed by atoms with Gasteiger partial charge in [-0.05, 0) is 31.2 Å². The van der Waals surface area contributed by atoms with Gasteiger partial charge in [0.15, 0.2) is 0 Å². The summed E-state index contributed by atoms with van der Waals surface area (Å²) in [6.07, 6.45) is 0. The van der Waals surface area contributed by atoms with E-state index in [-0.39, 0.29) is 0 Å². The van der Waals surface area contributed by atoms with E-state index in [0.717, 1.165) is 4.31 Å². The highest BCUT2D eigenvalue weighted by Gasteiger charge is 2.14. The van der Waals surface area contributed by atoms with E-state index in [1.54, 1.807) is 31.2 Å². The second kappa shape index (κ2) is 3.85. The van der Waals surface area contributed by atoms with Gasteiger partial charge >= 0.3 is 0 Å². The summed E-state index contributed by atoms with van der Waals surface area (Å²) in [5.74, 6) is 0. The lowest BCUT2D eigenvalue weighted by atomic mass is 10.3. The Bertz CT molecular complexity index is 399. The largest absolute Gasteiger partial charge is 0.399 e. The molecule has 1 rings (SSSR count). The Labute approximate surface area is 83.5 Å². The van der Waals surface area contributed by atoms with E-state index in [9.17, 15) is 8.42 Å². The highest BCUT2D eigenvalue weighted by atomic mass is 32.2. The number of benzene rings is 1. The topological polar surface area (TPSA) is 89.4 Å². The minimum atomic E-state index is -3.69. The van der Waals surface area contributed by atoms with Gasteiger partial charge < -0.3 is 5.73 Å².